The number of hydrogen-bond donors (Lipinski definition) is 0. The van der Waals surface area contributed by atoms with E-state index in [2.05, 4.69) is 12.0 Å². The van der Waals surface area contributed by atoms with Crippen molar-refractivity contribution < 1.29 is 31.0 Å². The van der Waals surface area contributed by atoms with Crippen LogP contribution in [-0.2, 0) is 31.0 Å². The van der Waals surface area contributed by atoms with Gasteiger partial charge in [-0.3, -0.25) is 0 Å². The van der Waals surface area contributed by atoms with E-state index >= 15 is 0 Å². The van der Waals surface area contributed by atoms with Crippen molar-refractivity contribution in [3.8, 4) is 0 Å². The first kappa shape index (κ1) is 8.93. The maximum atomic E-state index is 8.82. The molecular formula is C2H2NOZr-. The molecule has 3 heteroatoms. The van der Waals surface area contributed by atoms with Gasteiger partial charge in [0, 0.05) is 26.2 Å². The molecule has 0 rings (SSSR count). The number of nitrogens with zero attached hydrogens (tertiary/aromatic N) is 1. The molecule has 0 spiro atoms. The van der Waals surface area contributed by atoms with Crippen molar-refractivity contribution >= 4 is 6.08 Å². The number of aliphatic imine (C=N–C) groups is 1. The summed E-state index contributed by atoms with van der Waals surface area (Å²) in [6.07, 6.45) is 1.19. The van der Waals surface area contributed by atoms with E-state index in [0.717, 1.165) is 0 Å². The Morgan fingerprint density at radius 3 is 2.00 bits per heavy atom. The van der Waals surface area contributed by atoms with E-state index in [1.165, 1.54) is 6.08 Å². The molecule has 0 aliphatic rings. The largest absolute Gasteiger partial charge is 0.389 e. The molecule has 0 aromatic carbocycles. The Morgan fingerprint density at radius 2 is 2.00 bits per heavy atom. The van der Waals surface area contributed by atoms with Crippen molar-refractivity contribution in [3.63, 3.8) is 0 Å². The van der Waals surface area contributed by atoms with Crippen LogP contribution < -0.4 is 0 Å². The quantitative estimate of drug-likeness (QED) is 0.272. The number of hydrogen-bond acceptors (Lipinski definition) is 2. The van der Waals surface area contributed by atoms with Crippen LogP contribution >= 0.6 is 0 Å². The molecule has 26 valence electrons. The van der Waals surface area contributed by atoms with E-state index in [9.17, 15) is 0 Å². The van der Waals surface area contributed by atoms with Gasteiger partial charge in [0.25, 0.3) is 0 Å². The van der Waals surface area contributed by atoms with Crippen molar-refractivity contribution in [2.45, 2.75) is 0 Å². The van der Waals surface area contributed by atoms with Gasteiger partial charge in [-0.25, -0.2) is 0 Å². The zero-order chi connectivity index (χ0) is 3.41. The van der Waals surface area contributed by atoms with Gasteiger partial charge in [-0.05, 0) is 6.08 Å². The van der Waals surface area contributed by atoms with Crippen LogP contribution in [0.2, 0.25) is 0 Å². The van der Waals surface area contributed by atoms with E-state index in [1.807, 2.05) is 0 Å². The Morgan fingerprint density at radius 1 is 1.80 bits per heavy atom. The van der Waals surface area contributed by atoms with Crippen LogP contribution in [0.1, 0.15) is 0 Å². The summed E-state index contributed by atoms with van der Waals surface area (Å²) >= 11 is 0. The summed E-state index contributed by atoms with van der Waals surface area (Å²) in [6.45, 7) is 0. The van der Waals surface area contributed by atoms with Crippen LogP contribution in [0.4, 0.5) is 0 Å². The molecule has 0 N–H and O–H groups in total. The SMILES string of the molecule is [CH2-]N=C=O.[Zr]. The number of rotatable bonds is 0. The minimum atomic E-state index is 0. The van der Waals surface area contributed by atoms with E-state index in [1.54, 1.807) is 0 Å². The Balaban J connectivity index is 0. The third-order valence-electron chi connectivity index (χ3n) is 0.0645. The van der Waals surface area contributed by atoms with Gasteiger partial charge in [-0.1, -0.05) is 0 Å². The van der Waals surface area contributed by atoms with Crippen LogP contribution in [-0.4, -0.2) is 6.08 Å². The van der Waals surface area contributed by atoms with Gasteiger partial charge in [0.05, 0.1) is 0 Å². The van der Waals surface area contributed by atoms with Crippen molar-refractivity contribution in [2.75, 3.05) is 0 Å². The molecule has 0 amide bonds. The smallest absolute Gasteiger partial charge is 0 e. The van der Waals surface area contributed by atoms with Crippen LogP contribution in [0.5, 0.6) is 0 Å². The molecular weight excluding hydrogens is 145 g/mol. The van der Waals surface area contributed by atoms with Gasteiger partial charge in [0.1, 0.15) is 0 Å². The molecule has 0 aliphatic heterocycles. The summed E-state index contributed by atoms with van der Waals surface area (Å²) in [6, 6.07) is 0. The predicted molar refractivity (Wildman–Crippen MR) is 13.5 cm³/mol. The van der Waals surface area contributed by atoms with E-state index < -0.39 is 0 Å². The van der Waals surface area contributed by atoms with Gasteiger partial charge in [-0.15, -0.1) is 0 Å². The maximum absolute atomic E-state index is 8.82. The number of isocyanates is 1. The maximum Gasteiger partial charge on any atom is 0 e. The zero-order valence-electron chi connectivity index (χ0n) is 2.56. The third kappa shape index (κ3) is 14.6. The minimum Gasteiger partial charge on any atom is -0.389 e. The molecule has 0 bridgehead atoms. The Labute approximate surface area is 49.4 Å². The molecule has 0 heterocycles. The standard InChI is InChI=1S/C2H2NO.Zr/c1-3-2-4;/h1H2;/q-1;. The molecule has 2 nitrogen and oxygen atoms in total. The molecule has 0 atom stereocenters. The molecule has 0 unspecified atom stereocenters. The first-order chi connectivity index (χ1) is 1.91. The fourth-order valence-electron chi connectivity index (χ4n) is 0. The molecule has 5 heavy (non-hydrogen) atoms. The van der Waals surface area contributed by atoms with Crippen LogP contribution in [0.3, 0.4) is 0 Å². The second-order valence-electron chi connectivity index (χ2n) is 0.249. The molecule has 0 fully saturated rings. The fraction of sp³-hybridized carbons (Fsp3) is 0. The molecule has 0 saturated heterocycles. The fourth-order valence-corrected chi connectivity index (χ4v) is 0. The first-order valence-corrected chi connectivity index (χ1v) is 0.744. The van der Waals surface area contributed by atoms with Gasteiger partial charge >= 0.3 is 0 Å². The zero-order valence-corrected chi connectivity index (χ0v) is 5.02. The second kappa shape index (κ2) is 8.92. The summed E-state index contributed by atoms with van der Waals surface area (Å²) in [5.74, 6) is 0. The molecule has 0 aromatic heterocycles. The van der Waals surface area contributed by atoms with Gasteiger partial charge in [-0.2, -0.15) is 7.05 Å². The summed E-state index contributed by atoms with van der Waals surface area (Å²) in [4.78, 5) is 11.5. The normalized spacial score (nSPS) is 3.20. The van der Waals surface area contributed by atoms with Crippen molar-refractivity contribution in [1.82, 2.24) is 0 Å². The van der Waals surface area contributed by atoms with E-state index in [-0.39, 0.29) is 26.2 Å². The summed E-state index contributed by atoms with van der Waals surface area (Å²) < 4.78 is 0. The van der Waals surface area contributed by atoms with Crippen molar-refractivity contribution in [3.05, 3.63) is 7.05 Å². The van der Waals surface area contributed by atoms with Crippen molar-refractivity contribution in [2.24, 2.45) is 4.99 Å². The molecule has 0 saturated carbocycles. The Bertz CT molecular complexity index is 47.6. The van der Waals surface area contributed by atoms with E-state index in [0.29, 0.717) is 0 Å². The first-order valence-electron chi connectivity index (χ1n) is 0.744. The Kier molecular flexibility index (Phi) is 15.9. The minimum absolute atomic E-state index is 0. The predicted octanol–water partition coefficient (Wildman–Crippen LogP) is 0.111. The van der Waals surface area contributed by atoms with Gasteiger partial charge in [0.2, 0.25) is 0 Å². The van der Waals surface area contributed by atoms with E-state index in [4.69, 9.17) is 4.79 Å². The van der Waals surface area contributed by atoms with Crippen LogP contribution in [0.15, 0.2) is 4.99 Å². The second-order valence-corrected chi connectivity index (χ2v) is 0.249. The van der Waals surface area contributed by atoms with Gasteiger partial charge in [0.15, 0.2) is 0 Å². The Hall–Kier alpha value is 0.133. The van der Waals surface area contributed by atoms with Gasteiger partial charge < -0.3 is 9.79 Å². The average Bonchev–Trinajstić information content (AvgIpc) is 1.37. The van der Waals surface area contributed by atoms with Crippen LogP contribution in [0, 0.1) is 7.05 Å². The molecule has 0 radical (unpaired) electrons. The van der Waals surface area contributed by atoms with Crippen LogP contribution in [0.25, 0.3) is 0 Å². The molecule has 0 aliphatic carbocycles. The topological polar surface area (TPSA) is 29.4 Å². The number of carbonyl (C=O) groups excluding carboxylic acids is 1. The summed E-state index contributed by atoms with van der Waals surface area (Å²) in [5.41, 5.74) is 0. The third-order valence-corrected chi connectivity index (χ3v) is 0.0645. The van der Waals surface area contributed by atoms with Crippen molar-refractivity contribution in [1.29, 1.82) is 0 Å². The molecule has 0 aromatic rings. The average molecular weight is 147 g/mol. The summed E-state index contributed by atoms with van der Waals surface area (Å²) in [5, 5.41) is 0. The monoisotopic (exact) mass is 146 g/mol. The summed E-state index contributed by atoms with van der Waals surface area (Å²) in [7, 11) is 2.81.